The number of anilines is 1. The molecule has 2 N–H and O–H groups in total. The summed E-state index contributed by atoms with van der Waals surface area (Å²) < 4.78 is 24.1. The first-order valence-corrected chi connectivity index (χ1v) is 11.1. The summed E-state index contributed by atoms with van der Waals surface area (Å²) in [6, 6.07) is 9.63. The Labute approximate surface area is 182 Å². The van der Waals surface area contributed by atoms with Gasteiger partial charge in [0, 0.05) is 18.2 Å². The van der Waals surface area contributed by atoms with Gasteiger partial charge in [0.15, 0.2) is 5.82 Å². The zero-order chi connectivity index (χ0) is 22.1. The average Bonchev–Trinajstić information content (AvgIpc) is 3.34. The van der Waals surface area contributed by atoms with Crippen LogP contribution >= 0.6 is 0 Å². The normalized spacial score (nSPS) is 14.4. The number of benzene rings is 1. The lowest BCUT2D eigenvalue weighted by Crippen LogP contribution is -2.24. The Morgan fingerprint density at radius 1 is 1.29 bits per heavy atom. The van der Waals surface area contributed by atoms with E-state index in [0.717, 1.165) is 16.7 Å². The summed E-state index contributed by atoms with van der Waals surface area (Å²) in [5.41, 5.74) is 4.27. The van der Waals surface area contributed by atoms with Crippen molar-refractivity contribution in [3.63, 3.8) is 0 Å². The number of amides is 1. The van der Waals surface area contributed by atoms with E-state index in [1.807, 2.05) is 55.7 Å². The van der Waals surface area contributed by atoms with E-state index in [4.69, 9.17) is 9.54 Å². The summed E-state index contributed by atoms with van der Waals surface area (Å²) in [7, 11) is 0. The maximum absolute atomic E-state index is 13.2. The summed E-state index contributed by atoms with van der Waals surface area (Å²) in [6.07, 6.45) is 2.23. The molecule has 3 heterocycles. The van der Waals surface area contributed by atoms with E-state index >= 15 is 0 Å². The summed E-state index contributed by atoms with van der Waals surface area (Å²) in [5.74, 6) is 1.12. The highest BCUT2D eigenvalue weighted by Crippen LogP contribution is 2.31. The molecule has 1 aromatic carbocycles. The van der Waals surface area contributed by atoms with E-state index in [-0.39, 0.29) is 11.9 Å². The lowest BCUT2D eigenvalue weighted by molar-refractivity contribution is 0.0996. The van der Waals surface area contributed by atoms with Crippen LogP contribution in [0.1, 0.15) is 46.9 Å². The van der Waals surface area contributed by atoms with Crippen LogP contribution in [0.15, 0.2) is 36.7 Å². The van der Waals surface area contributed by atoms with Gasteiger partial charge in [0.05, 0.1) is 6.54 Å². The first kappa shape index (κ1) is 21.3. The molecule has 0 saturated carbocycles. The number of rotatable bonds is 7. The van der Waals surface area contributed by atoms with Crippen LogP contribution in [-0.2, 0) is 24.2 Å². The zero-order valence-corrected chi connectivity index (χ0v) is 18.4. The molecule has 0 radical (unpaired) electrons. The molecule has 10 heteroatoms. The van der Waals surface area contributed by atoms with Gasteiger partial charge in [0.1, 0.15) is 17.8 Å². The van der Waals surface area contributed by atoms with Crippen molar-refractivity contribution in [2.75, 3.05) is 11.4 Å². The maximum Gasteiger partial charge on any atom is 0.260 e. The van der Waals surface area contributed by atoms with Gasteiger partial charge in [-0.1, -0.05) is 12.1 Å². The molecule has 9 nitrogen and oxygen atoms in total. The molecule has 1 aliphatic rings. The number of aryl methyl sites for hydroxylation is 1. The molecular formula is C21H24N6O3S. The Hall–Kier alpha value is -2.95. The van der Waals surface area contributed by atoms with Crippen molar-refractivity contribution in [1.29, 1.82) is 0 Å². The molecule has 2 aromatic heterocycles. The summed E-state index contributed by atoms with van der Waals surface area (Å²) in [6.45, 7) is 6.87. The first-order chi connectivity index (χ1) is 14.8. The topological polar surface area (TPSA) is 113 Å². The van der Waals surface area contributed by atoms with Crippen molar-refractivity contribution in [2.45, 2.75) is 39.8 Å². The van der Waals surface area contributed by atoms with Crippen LogP contribution < -0.4 is 9.62 Å². The number of nitrogens with zero attached hydrogens (tertiary/aromatic N) is 5. The molecule has 162 valence electrons. The Bertz CT molecular complexity index is 1160. The Morgan fingerprint density at radius 2 is 2.10 bits per heavy atom. The second kappa shape index (κ2) is 8.66. The SMILES string of the molecule is Cc1cc2c(cc1CCNS(=O)O)C(=O)N(c1cccc(-c3nncn3C(C)C)n1)C2. The van der Waals surface area contributed by atoms with E-state index in [1.54, 1.807) is 11.2 Å². The third-order valence-electron chi connectivity index (χ3n) is 5.36. The van der Waals surface area contributed by atoms with Gasteiger partial charge in [-0.25, -0.2) is 13.9 Å². The monoisotopic (exact) mass is 440 g/mol. The molecule has 1 unspecified atom stereocenters. The predicted octanol–water partition coefficient (Wildman–Crippen LogP) is 2.66. The summed E-state index contributed by atoms with van der Waals surface area (Å²) >= 11 is -2.05. The number of hydrogen-bond acceptors (Lipinski definition) is 5. The number of fused-ring (bicyclic) bond motifs is 1. The van der Waals surface area contributed by atoms with Gasteiger partial charge < -0.3 is 4.57 Å². The summed E-state index contributed by atoms with van der Waals surface area (Å²) in [5, 5.41) is 8.20. The van der Waals surface area contributed by atoms with Gasteiger partial charge in [0.2, 0.25) is 11.3 Å². The molecule has 0 spiro atoms. The smallest absolute Gasteiger partial charge is 0.260 e. The van der Waals surface area contributed by atoms with Crippen LogP contribution in [0.2, 0.25) is 0 Å². The highest BCUT2D eigenvalue weighted by atomic mass is 32.2. The van der Waals surface area contributed by atoms with Crippen molar-refractivity contribution < 1.29 is 13.6 Å². The van der Waals surface area contributed by atoms with Crippen LogP contribution in [0.3, 0.4) is 0 Å². The zero-order valence-electron chi connectivity index (χ0n) is 17.6. The quantitative estimate of drug-likeness (QED) is 0.546. The molecule has 0 aliphatic carbocycles. The van der Waals surface area contributed by atoms with Crippen LogP contribution in [0.25, 0.3) is 11.5 Å². The minimum absolute atomic E-state index is 0.107. The van der Waals surface area contributed by atoms with Gasteiger partial charge in [-0.15, -0.1) is 10.2 Å². The number of nitrogens with one attached hydrogen (secondary N) is 1. The molecule has 3 aromatic rings. The van der Waals surface area contributed by atoms with Gasteiger partial charge in [-0.3, -0.25) is 14.2 Å². The number of pyridine rings is 1. The average molecular weight is 441 g/mol. The number of carbonyl (C=O) groups excluding carboxylic acids is 1. The van der Waals surface area contributed by atoms with E-state index < -0.39 is 11.3 Å². The van der Waals surface area contributed by atoms with Crippen molar-refractivity contribution >= 4 is 23.0 Å². The number of carbonyl (C=O) groups is 1. The van der Waals surface area contributed by atoms with Gasteiger partial charge in [0.25, 0.3) is 5.91 Å². The molecule has 1 atom stereocenters. The molecule has 4 rings (SSSR count). The van der Waals surface area contributed by atoms with Gasteiger partial charge >= 0.3 is 0 Å². The van der Waals surface area contributed by atoms with Crippen molar-refractivity contribution in [2.24, 2.45) is 0 Å². The van der Waals surface area contributed by atoms with E-state index in [0.29, 0.717) is 42.4 Å². The van der Waals surface area contributed by atoms with Crippen LogP contribution in [0.4, 0.5) is 5.82 Å². The van der Waals surface area contributed by atoms with Crippen molar-refractivity contribution in [1.82, 2.24) is 24.5 Å². The van der Waals surface area contributed by atoms with Crippen LogP contribution in [-0.4, -0.2) is 41.0 Å². The fourth-order valence-electron chi connectivity index (χ4n) is 3.76. The third-order valence-corrected chi connectivity index (χ3v) is 5.81. The minimum atomic E-state index is -2.05. The molecular weight excluding hydrogens is 416 g/mol. The fraction of sp³-hybridized carbons (Fsp3) is 0.333. The van der Waals surface area contributed by atoms with E-state index in [1.165, 1.54) is 0 Å². The maximum atomic E-state index is 13.2. The highest BCUT2D eigenvalue weighted by Gasteiger charge is 2.30. The standard InChI is InChI=1S/C21H24N6O3S/c1-13(2)27-12-22-25-20(27)18-5-4-6-19(24-18)26-11-16-9-14(3)15(7-8-23-31(29)30)10-17(16)21(26)28/h4-6,9-10,12-13,23H,7-8,11H2,1-3H3,(H,29,30). The lowest BCUT2D eigenvalue weighted by atomic mass is 9.99. The van der Waals surface area contributed by atoms with Crippen LogP contribution in [0, 0.1) is 6.92 Å². The third kappa shape index (κ3) is 4.27. The molecule has 0 saturated heterocycles. The number of aromatic nitrogens is 4. The van der Waals surface area contributed by atoms with Crippen LogP contribution in [0.5, 0.6) is 0 Å². The molecule has 31 heavy (non-hydrogen) atoms. The molecule has 1 amide bonds. The Kier molecular flexibility index (Phi) is 5.94. The first-order valence-electron chi connectivity index (χ1n) is 10.0. The van der Waals surface area contributed by atoms with Crippen molar-refractivity contribution in [3.05, 3.63) is 58.9 Å². The second-order valence-corrected chi connectivity index (χ2v) is 8.54. The Balaban J connectivity index is 1.61. The van der Waals surface area contributed by atoms with E-state index in [2.05, 4.69) is 14.9 Å². The van der Waals surface area contributed by atoms with Gasteiger partial charge in [-0.05, 0) is 62.1 Å². The lowest BCUT2D eigenvalue weighted by Gasteiger charge is -2.16. The summed E-state index contributed by atoms with van der Waals surface area (Å²) in [4.78, 5) is 19.5. The molecule has 1 aliphatic heterocycles. The predicted molar refractivity (Wildman–Crippen MR) is 118 cm³/mol. The number of hydrogen-bond donors (Lipinski definition) is 2. The molecule has 0 fully saturated rings. The Morgan fingerprint density at radius 3 is 2.84 bits per heavy atom. The van der Waals surface area contributed by atoms with E-state index in [9.17, 15) is 9.00 Å². The fourth-order valence-corrected chi connectivity index (χ4v) is 4.04. The largest absolute Gasteiger partial charge is 0.310 e. The second-order valence-electron chi connectivity index (χ2n) is 7.76. The van der Waals surface area contributed by atoms with Gasteiger partial charge in [-0.2, -0.15) is 0 Å². The minimum Gasteiger partial charge on any atom is -0.310 e. The highest BCUT2D eigenvalue weighted by molar-refractivity contribution is 7.77. The molecule has 0 bridgehead atoms. The van der Waals surface area contributed by atoms with Crippen molar-refractivity contribution in [3.8, 4) is 11.5 Å².